The van der Waals surface area contributed by atoms with Crippen LogP contribution in [0.1, 0.15) is 13.8 Å². The summed E-state index contributed by atoms with van der Waals surface area (Å²) in [4.78, 5) is 22.1. The second-order valence-electron chi connectivity index (χ2n) is 3.03. The molecular weight excluding hydrogens is 172 g/mol. The Kier molecular flexibility index (Phi) is 2.70. The first-order chi connectivity index (χ1) is 6.06. The fourth-order valence-electron chi connectivity index (χ4n) is 1.44. The standard InChI is InChI=1S/C9H12O4/c1-5-4-7(10)13-6(2)8(5)9(11)12-3/h4,6,8H,1-3H3/t6-,8-/m0/s1. The molecule has 0 aromatic heterocycles. The highest BCUT2D eigenvalue weighted by Gasteiger charge is 2.33. The van der Waals surface area contributed by atoms with Gasteiger partial charge in [-0.15, -0.1) is 0 Å². The molecule has 0 aromatic carbocycles. The summed E-state index contributed by atoms with van der Waals surface area (Å²) in [5.41, 5.74) is 0.690. The molecule has 0 saturated heterocycles. The van der Waals surface area contributed by atoms with Gasteiger partial charge in [0, 0.05) is 6.08 Å². The van der Waals surface area contributed by atoms with Gasteiger partial charge in [0.25, 0.3) is 0 Å². The van der Waals surface area contributed by atoms with Crippen LogP contribution < -0.4 is 0 Å². The first kappa shape index (κ1) is 9.77. The van der Waals surface area contributed by atoms with E-state index < -0.39 is 18.0 Å². The summed E-state index contributed by atoms with van der Waals surface area (Å²) >= 11 is 0. The Bertz CT molecular complexity index is 267. The Hall–Kier alpha value is -1.32. The molecule has 4 nitrogen and oxygen atoms in total. The summed E-state index contributed by atoms with van der Waals surface area (Å²) in [7, 11) is 1.32. The highest BCUT2D eigenvalue weighted by atomic mass is 16.6. The molecule has 0 aromatic rings. The van der Waals surface area contributed by atoms with Gasteiger partial charge in [-0.25, -0.2) is 4.79 Å². The molecule has 0 radical (unpaired) electrons. The number of rotatable bonds is 1. The van der Waals surface area contributed by atoms with Gasteiger partial charge in [0.05, 0.1) is 7.11 Å². The highest BCUT2D eigenvalue weighted by molar-refractivity contribution is 5.88. The minimum absolute atomic E-state index is 0.367. The van der Waals surface area contributed by atoms with Crippen molar-refractivity contribution < 1.29 is 19.1 Å². The molecule has 72 valence electrons. The van der Waals surface area contributed by atoms with Crippen LogP contribution in [0.2, 0.25) is 0 Å². The van der Waals surface area contributed by atoms with Gasteiger partial charge in [0.1, 0.15) is 12.0 Å². The average molecular weight is 184 g/mol. The molecule has 0 amide bonds. The van der Waals surface area contributed by atoms with Crippen LogP contribution in [-0.2, 0) is 19.1 Å². The van der Waals surface area contributed by atoms with Crippen molar-refractivity contribution in [3.8, 4) is 0 Å². The fourth-order valence-corrected chi connectivity index (χ4v) is 1.44. The summed E-state index contributed by atoms with van der Waals surface area (Å²) in [5, 5.41) is 0. The van der Waals surface area contributed by atoms with E-state index in [0.717, 1.165) is 0 Å². The minimum Gasteiger partial charge on any atom is -0.468 e. The molecule has 0 N–H and O–H groups in total. The van der Waals surface area contributed by atoms with Crippen molar-refractivity contribution in [2.24, 2.45) is 5.92 Å². The van der Waals surface area contributed by atoms with Crippen LogP contribution >= 0.6 is 0 Å². The summed E-state index contributed by atoms with van der Waals surface area (Å²) in [6.07, 6.45) is 0.881. The molecular formula is C9H12O4. The van der Waals surface area contributed by atoms with Gasteiger partial charge in [-0.1, -0.05) is 0 Å². The zero-order valence-corrected chi connectivity index (χ0v) is 7.87. The van der Waals surface area contributed by atoms with E-state index in [1.54, 1.807) is 13.8 Å². The smallest absolute Gasteiger partial charge is 0.331 e. The third-order valence-electron chi connectivity index (χ3n) is 2.06. The number of cyclic esters (lactones) is 1. The van der Waals surface area contributed by atoms with E-state index >= 15 is 0 Å². The molecule has 0 aliphatic carbocycles. The van der Waals surface area contributed by atoms with Gasteiger partial charge in [-0.05, 0) is 19.4 Å². The van der Waals surface area contributed by atoms with Crippen LogP contribution in [0, 0.1) is 5.92 Å². The molecule has 0 spiro atoms. The van der Waals surface area contributed by atoms with Gasteiger partial charge >= 0.3 is 11.9 Å². The molecule has 1 heterocycles. The summed E-state index contributed by atoms with van der Waals surface area (Å²) in [5.74, 6) is -1.22. The molecule has 2 atom stereocenters. The molecule has 1 aliphatic heterocycles. The Morgan fingerprint density at radius 1 is 1.62 bits per heavy atom. The van der Waals surface area contributed by atoms with E-state index in [0.29, 0.717) is 5.57 Å². The van der Waals surface area contributed by atoms with Crippen molar-refractivity contribution in [2.75, 3.05) is 7.11 Å². The van der Waals surface area contributed by atoms with Crippen LogP contribution in [0.25, 0.3) is 0 Å². The normalized spacial score (nSPS) is 27.6. The van der Waals surface area contributed by atoms with Gasteiger partial charge in [-0.2, -0.15) is 0 Å². The van der Waals surface area contributed by atoms with Gasteiger partial charge in [0.15, 0.2) is 0 Å². The van der Waals surface area contributed by atoms with Crippen molar-refractivity contribution in [3.05, 3.63) is 11.6 Å². The van der Waals surface area contributed by atoms with Crippen LogP contribution in [0.3, 0.4) is 0 Å². The maximum absolute atomic E-state index is 11.2. The third-order valence-corrected chi connectivity index (χ3v) is 2.06. The number of hydrogen-bond donors (Lipinski definition) is 0. The number of ether oxygens (including phenoxy) is 2. The molecule has 0 fully saturated rings. The predicted molar refractivity (Wildman–Crippen MR) is 44.8 cm³/mol. The maximum Gasteiger partial charge on any atom is 0.331 e. The summed E-state index contributed by atoms with van der Waals surface area (Å²) in [6, 6.07) is 0. The van der Waals surface area contributed by atoms with Crippen molar-refractivity contribution >= 4 is 11.9 Å². The van der Waals surface area contributed by atoms with Gasteiger partial charge in [0.2, 0.25) is 0 Å². The third kappa shape index (κ3) is 1.88. The Morgan fingerprint density at radius 2 is 2.23 bits per heavy atom. The summed E-state index contributed by atoms with van der Waals surface area (Å²) in [6.45, 7) is 3.40. The van der Waals surface area contributed by atoms with E-state index in [1.165, 1.54) is 13.2 Å². The predicted octanol–water partition coefficient (Wildman–Crippen LogP) is 0.667. The number of carbonyl (C=O) groups excluding carboxylic acids is 2. The lowest BCUT2D eigenvalue weighted by Crippen LogP contribution is -2.35. The van der Waals surface area contributed by atoms with Gasteiger partial charge < -0.3 is 9.47 Å². The van der Waals surface area contributed by atoms with Crippen molar-refractivity contribution in [1.82, 2.24) is 0 Å². The molecule has 0 saturated carbocycles. The number of esters is 2. The van der Waals surface area contributed by atoms with Crippen LogP contribution in [0.5, 0.6) is 0 Å². The van der Waals surface area contributed by atoms with E-state index in [4.69, 9.17) is 4.74 Å². The molecule has 0 bridgehead atoms. The Balaban J connectivity index is 2.90. The topological polar surface area (TPSA) is 52.6 Å². The van der Waals surface area contributed by atoms with Gasteiger partial charge in [-0.3, -0.25) is 4.79 Å². The number of hydrogen-bond acceptors (Lipinski definition) is 4. The largest absolute Gasteiger partial charge is 0.468 e. The molecule has 13 heavy (non-hydrogen) atoms. The molecule has 4 heteroatoms. The fraction of sp³-hybridized carbons (Fsp3) is 0.556. The average Bonchev–Trinajstić information content (AvgIpc) is 2.02. The molecule has 0 unspecified atom stereocenters. The highest BCUT2D eigenvalue weighted by Crippen LogP contribution is 2.23. The van der Waals surface area contributed by atoms with Crippen LogP contribution in [0.15, 0.2) is 11.6 Å². The Morgan fingerprint density at radius 3 is 2.69 bits per heavy atom. The number of carbonyl (C=O) groups is 2. The first-order valence-electron chi connectivity index (χ1n) is 4.03. The lowest BCUT2D eigenvalue weighted by Gasteiger charge is -2.25. The zero-order chi connectivity index (χ0) is 10.0. The molecule has 1 rings (SSSR count). The Labute approximate surface area is 76.5 Å². The quantitative estimate of drug-likeness (QED) is 0.562. The van der Waals surface area contributed by atoms with Crippen molar-refractivity contribution in [3.63, 3.8) is 0 Å². The second-order valence-corrected chi connectivity index (χ2v) is 3.03. The lowest BCUT2D eigenvalue weighted by molar-refractivity contribution is -0.156. The van der Waals surface area contributed by atoms with Crippen molar-refractivity contribution in [2.45, 2.75) is 20.0 Å². The molecule has 1 aliphatic rings. The maximum atomic E-state index is 11.2. The van der Waals surface area contributed by atoms with Crippen molar-refractivity contribution in [1.29, 1.82) is 0 Å². The van der Waals surface area contributed by atoms with Crippen LogP contribution in [0.4, 0.5) is 0 Å². The second kappa shape index (κ2) is 3.60. The van der Waals surface area contributed by atoms with E-state index in [9.17, 15) is 9.59 Å². The zero-order valence-electron chi connectivity index (χ0n) is 7.87. The lowest BCUT2D eigenvalue weighted by atomic mass is 9.93. The van der Waals surface area contributed by atoms with Crippen LogP contribution in [-0.4, -0.2) is 25.2 Å². The van der Waals surface area contributed by atoms with E-state index in [-0.39, 0.29) is 5.97 Å². The minimum atomic E-state index is -0.456. The first-order valence-corrected chi connectivity index (χ1v) is 4.03. The number of methoxy groups -OCH3 is 1. The SMILES string of the molecule is COC(=O)[C@H]1C(C)=CC(=O)O[C@H]1C. The van der Waals surface area contributed by atoms with E-state index in [1.807, 2.05) is 0 Å². The van der Waals surface area contributed by atoms with E-state index in [2.05, 4.69) is 4.74 Å². The summed E-state index contributed by atoms with van der Waals surface area (Å²) < 4.78 is 9.47. The monoisotopic (exact) mass is 184 g/mol.